The number of aromatic nitrogens is 1. The summed E-state index contributed by atoms with van der Waals surface area (Å²) in [5, 5.41) is 13.7. The van der Waals surface area contributed by atoms with E-state index in [2.05, 4.69) is 10.3 Å². The molecule has 0 saturated carbocycles. The summed E-state index contributed by atoms with van der Waals surface area (Å²) in [6, 6.07) is 0.0751. The summed E-state index contributed by atoms with van der Waals surface area (Å²) in [5.41, 5.74) is -0.867. The molecule has 4 heterocycles. The SMILES string of the molecule is CN1C(=O)C2CN(C(=O)C(O)COCC3COCCCCN3)CCN2c2ncc(C(F)(F)F)cc21. The zero-order chi connectivity index (χ0) is 25.2. The minimum Gasteiger partial charge on any atom is -0.381 e. The van der Waals surface area contributed by atoms with Crippen LogP contribution in [-0.2, 0) is 25.2 Å². The van der Waals surface area contributed by atoms with E-state index in [0.717, 1.165) is 36.5 Å². The second-order valence-electron chi connectivity index (χ2n) is 8.94. The number of aliphatic hydroxyl groups excluding tert-OH is 1. The molecule has 3 atom stereocenters. The van der Waals surface area contributed by atoms with Crippen molar-refractivity contribution in [2.75, 3.05) is 69.5 Å². The minimum atomic E-state index is -4.58. The number of hydrogen-bond acceptors (Lipinski definition) is 8. The van der Waals surface area contributed by atoms with Crippen molar-refractivity contribution < 1.29 is 37.3 Å². The summed E-state index contributed by atoms with van der Waals surface area (Å²) in [6.45, 7) is 2.49. The van der Waals surface area contributed by atoms with Crippen LogP contribution in [0.1, 0.15) is 18.4 Å². The molecule has 0 radical (unpaired) electrons. The van der Waals surface area contributed by atoms with Crippen molar-refractivity contribution in [2.45, 2.75) is 37.2 Å². The normalized spacial score (nSPS) is 24.4. The van der Waals surface area contributed by atoms with E-state index in [1.807, 2.05) is 0 Å². The van der Waals surface area contributed by atoms with E-state index >= 15 is 0 Å². The first-order valence-corrected chi connectivity index (χ1v) is 11.6. The Morgan fingerprint density at radius 1 is 1.37 bits per heavy atom. The molecular weight excluding hydrogens is 471 g/mol. The van der Waals surface area contributed by atoms with Gasteiger partial charge in [0.05, 0.1) is 43.7 Å². The van der Waals surface area contributed by atoms with Crippen LogP contribution < -0.4 is 15.1 Å². The van der Waals surface area contributed by atoms with E-state index in [0.29, 0.717) is 13.2 Å². The largest absolute Gasteiger partial charge is 0.417 e. The van der Waals surface area contributed by atoms with Gasteiger partial charge in [0.1, 0.15) is 6.04 Å². The Kier molecular flexibility index (Phi) is 7.79. The lowest BCUT2D eigenvalue weighted by molar-refractivity contribution is -0.145. The number of carbonyl (C=O) groups excluding carboxylic acids is 2. The zero-order valence-corrected chi connectivity index (χ0v) is 19.5. The second-order valence-corrected chi connectivity index (χ2v) is 8.94. The maximum atomic E-state index is 13.1. The van der Waals surface area contributed by atoms with E-state index in [1.54, 1.807) is 4.90 Å². The Balaban J connectivity index is 1.35. The number of ether oxygens (including phenoxy) is 2. The summed E-state index contributed by atoms with van der Waals surface area (Å²) in [5.74, 6) is -0.750. The number of piperazine rings is 1. The van der Waals surface area contributed by atoms with Gasteiger partial charge in [-0.3, -0.25) is 9.59 Å². The highest BCUT2D eigenvalue weighted by Crippen LogP contribution is 2.39. The van der Waals surface area contributed by atoms with Gasteiger partial charge in [-0.15, -0.1) is 0 Å². The Hall–Kier alpha value is -2.48. The fourth-order valence-corrected chi connectivity index (χ4v) is 4.49. The van der Waals surface area contributed by atoms with Gasteiger partial charge in [-0.25, -0.2) is 4.98 Å². The third-order valence-electron chi connectivity index (χ3n) is 6.46. The number of rotatable bonds is 5. The number of amides is 2. The van der Waals surface area contributed by atoms with Crippen LogP contribution in [0.4, 0.5) is 24.7 Å². The average Bonchev–Trinajstić information content (AvgIpc) is 2.82. The first-order chi connectivity index (χ1) is 16.7. The quantitative estimate of drug-likeness (QED) is 0.591. The fraction of sp³-hybridized carbons (Fsp3) is 0.682. The molecule has 194 valence electrons. The van der Waals surface area contributed by atoms with Crippen molar-refractivity contribution >= 4 is 23.3 Å². The van der Waals surface area contributed by atoms with E-state index < -0.39 is 35.7 Å². The standard InChI is InChI=1S/C22H30F3N5O5/c1-28-16-8-14(22(23,24)25)9-27-19(16)30-6-5-29(10-17(30)20(28)32)21(33)18(31)13-35-12-15-11-34-7-3-2-4-26-15/h8-9,15,17-18,26,31H,2-7,10-13H2,1H3. The molecule has 0 aromatic carbocycles. The van der Waals surface area contributed by atoms with E-state index in [1.165, 1.54) is 11.9 Å². The number of nitrogens with one attached hydrogen (secondary N) is 1. The molecule has 35 heavy (non-hydrogen) atoms. The smallest absolute Gasteiger partial charge is 0.381 e. The van der Waals surface area contributed by atoms with Crippen LogP contribution in [-0.4, -0.2) is 105 Å². The number of carbonyl (C=O) groups is 2. The highest BCUT2D eigenvalue weighted by molar-refractivity contribution is 6.05. The summed E-state index contributed by atoms with van der Waals surface area (Å²) >= 11 is 0. The number of aliphatic hydroxyl groups is 1. The Morgan fingerprint density at radius 3 is 2.94 bits per heavy atom. The van der Waals surface area contributed by atoms with Crippen molar-refractivity contribution in [3.05, 3.63) is 17.8 Å². The van der Waals surface area contributed by atoms with Crippen molar-refractivity contribution in [1.29, 1.82) is 0 Å². The van der Waals surface area contributed by atoms with Gasteiger partial charge >= 0.3 is 6.18 Å². The molecule has 0 aliphatic carbocycles. The molecule has 2 saturated heterocycles. The van der Waals surface area contributed by atoms with Crippen LogP contribution in [0.25, 0.3) is 0 Å². The molecule has 4 rings (SSSR count). The summed E-state index contributed by atoms with van der Waals surface area (Å²) in [6.07, 6.45) is -3.23. The van der Waals surface area contributed by atoms with Gasteiger partial charge in [-0.1, -0.05) is 0 Å². The number of hydrogen-bond donors (Lipinski definition) is 2. The van der Waals surface area contributed by atoms with Crippen LogP contribution in [0, 0.1) is 0 Å². The van der Waals surface area contributed by atoms with Gasteiger partial charge in [0, 0.05) is 32.9 Å². The molecule has 2 fully saturated rings. The Labute approximate surface area is 201 Å². The highest BCUT2D eigenvalue weighted by Gasteiger charge is 2.44. The molecule has 3 aliphatic rings. The van der Waals surface area contributed by atoms with Gasteiger partial charge in [0.2, 0.25) is 0 Å². The maximum Gasteiger partial charge on any atom is 0.417 e. The topological polar surface area (TPSA) is 107 Å². The van der Waals surface area contributed by atoms with E-state index in [9.17, 15) is 27.9 Å². The minimum absolute atomic E-state index is 0.0147. The molecule has 10 nitrogen and oxygen atoms in total. The molecule has 2 amide bonds. The zero-order valence-electron chi connectivity index (χ0n) is 19.5. The van der Waals surface area contributed by atoms with Crippen LogP contribution in [0.5, 0.6) is 0 Å². The molecule has 3 unspecified atom stereocenters. The summed E-state index contributed by atoms with van der Waals surface area (Å²) < 4.78 is 50.4. The number of halogens is 3. The van der Waals surface area contributed by atoms with E-state index in [-0.39, 0.29) is 50.4 Å². The Bertz CT molecular complexity index is 925. The number of nitrogens with zero attached hydrogens (tertiary/aromatic N) is 4. The maximum absolute atomic E-state index is 13.1. The van der Waals surface area contributed by atoms with Gasteiger partial charge in [-0.05, 0) is 25.5 Å². The molecule has 0 spiro atoms. The monoisotopic (exact) mass is 501 g/mol. The van der Waals surface area contributed by atoms with E-state index in [4.69, 9.17) is 9.47 Å². The van der Waals surface area contributed by atoms with Gasteiger partial charge in [-0.2, -0.15) is 13.2 Å². The summed E-state index contributed by atoms with van der Waals surface area (Å²) in [7, 11) is 1.39. The van der Waals surface area contributed by atoms with Gasteiger partial charge in [0.15, 0.2) is 11.9 Å². The molecule has 1 aromatic heterocycles. The molecule has 13 heteroatoms. The van der Waals surface area contributed by atoms with Crippen molar-refractivity contribution in [3.8, 4) is 0 Å². The number of fused-ring (bicyclic) bond motifs is 3. The van der Waals surface area contributed by atoms with Crippen molar-refractivity contribution in [1.82, 2.24) is 15.2 Å². The summed E-state index contributed by atoms with van der Waals surface area (Å²) in [4.78, 5) is 33.9. The van der Waals surface area contributed by atoms with Crippen LogP contribution in [0.2, 0.25) is 0 Å². The number of likely N-dealkylation sites (N-methyl/N-ethyl adjacent to an activating group) is 1. The van der Waals surface area contributed by atoms with Crippen LogP contribution in [0.15, 0.2) is 12.3 Å². The third-order valence-corrected chi connectivity index (χ3v) is 6.46. The highest BCUT2D eigenvalue weighted by atomic mass is 19.4. The molecule has 2 N–H and O–H groups in total. The van der Waals surface area contributed by atoms with Crippen molar-refractivity contribution in [3.63, 3.8) is 0 Å². The predicted molar refractivity (Wildman–Crippen MR) is 119 cm³/mol. The molecular formula is C22H30F3N5O5. The Morgan fingerprint density at radius 2 is 2.17 bits per heavy atom. The molecule has 1 aromatic rings. The number of pyridine rings is 1. The second kappa shape index (κ2) is 10.6. The fourth-order valence-electron chi connectivity index (χ4n) is 4.49. The first-order valence-electron chi connectivity index (χ1n) is 11.6. The van der Waals surface area contributed by atoms with Crippen LogP contribution >= 0.6 is 0 Å². The number of alkyl halides is 3. The average molecular weight is 502 g/mol. The van der Waals surface area contributed by atoms with Crippen LogP contribution in [0.3, 0.4) is 0 Å². The number of anilines is 2. The molecule has 0 bridgehead atoms. The van der Waals surface area contributed by atoms with Gasteiger partial charge < -0.3 is 34.6 Å². The van der Waals surface area contributed by atoms with Gasteiger partial charge in [0.25, 0.3) is 11.8 Å². The predicted octanol–water partition coefficient (Wildman–Crippen LogP) is 0.240. The molecule has 3 aliphatic heterocycles. The van der Waals surface area contributed by atoms with Crippen molar-refractivity contribution in [2.24, 2.45) is 0 Å². The first kappa shape index (κ1) is 25.6. The third kappa shape index (κ3) is 5.68. The lowest BCUT2D eigenvalue weighted by Gasteiger charge is -2.46. The lowest BCUT2D eigenvalue weighted by Crippen LogP contribution is -2.64. The lowest BCUT2D eigenvalue weighted by atomic mass is 10.0.